The van der Waals surface area contributed by atoms with E-state index < -0.39 is 0 Å². The number of rotatable bonds is 10. The largest absolute Gasteiger partial charge is 0.357 e. The third-order valence-corrected chi connectivity index (χ3v) is 5.83. The second kappa shape index (κ2) is 13.6. The van der Waals surface area contributed by atoms with E-state index in [1.165, 1.54) is 38.0 Å². The molecule has 23 heavy (non-hydrogen) atoms. The minimum absolute atomic E-state index is 0. The summed E-state index contributed by atoms with van der Waals surface area (Å²) in [4.78, 5) is 7.28. The van der Waals surface area contributed by atoms with Crippen LogP contribution in [0.5, 0.6) is 0 Å². The molecule has 1 aliphatic rings. The number of nitrogens with zero attached hydrogens (tertiary/aromatic N) is 2. The van der Waals surface area contributed by atoms with Crippen LogP contribution >= 0.6 is 35.7 Å². The monoisotopic (exact) mass is 456 g/mol. The molecule has 0 bridgehead atoms. The summed E-state index contributed by atoms with van der Waals surface area (Å²) in [6.45, 7) is 15.3. The Morgan fingerprint density at radius 3 is 2.48 bits per heavy atom. The average Bonchev–Trinajstić information content (AvgIpc) is 2.95. The number of guanidine groups is 1. The van der Waals surface area contributed by atoms with Gasteiger partial charge in [-0.15, -0.1) is 24.0 Å². The molecule has 1 saturated heterocycles. The topological polar surface area (TPSA) is 39.7 Å². The average molecular weight is 456 g/mol. The predicted octanol–water partition coefficient (Wildman–Crippen LogP) is 3.57. The molecule has 6 heteroatoms. The molecule has 0 aromatic rings. The van der Waals surface area contributed by atoms with Crippen molar-refractivity contribution in [2.24, 2.45) is 4.99 Å². The molecule has 1 unspecified atom stereocenters. The minimum atomic E-state index is 0. The zero-order valence-electron chi connectivity index (χ0n) is 15.5. The van der Waals surface area contributed by atoms with Gasteiger partial charge in [-0.3, -0.25) is 4.99 Å². The van der Waals surface area contributed by atoms with E-state index in [2.05, 4.69) is 55.0 Å². The Morgan fingerprint density at radius 1 is 1.17 bits per heavy atom. The highest BCUT2D eigenvalue weighted by atomic mass is 127. The third kappa shape index (κ3) is 10.0. The summed E-state index contributed by atoms with van der Waals surface area (Å²) in [5.74, 6) is 2.28. The lowest BCUT2D eigenvalue weighted by Crippen LogP contribution is -2.39. The van der Waals surface area contributed by atoms with Crippen LogP contribution in [-0.2, 0) is 0 Å². The normalized spacial score (nSPS) is 21.3. The molecule has 0 saturated carbocycles. The van der Waals surface area contributed by atoms with Crippen molar-refractivity contribution in [3.63, 3.8) is 0 Å². The SMILES string of the molecule is CCNC(=NCC1(C)CCCS1)NCCCCN(CC)CC.I. The Kier molecular flexibility index (Phi) is 13.8. The number of halogens is 1. The standard InChI is InChI=1S/C17H36N4S.HI/c1-5-18-16(20-15-17(4)11-10-14-22-17)19-12-8-9-13-21(6-2)7-3;/h5-15H2,1-4H3,(H2,18,19,20);1H. The predicted molar refractivity (Wildman–Crippen MR) is 117 cm³/mol. The molecule has 0 aromatic heterocycles. The molecule has 0 amide bonds. The number of aliphatic imine (C=N–C) groups is 1. The number of hydrogen-bond acceptors (Lipinski definition) is 3. The Morgan fingerprint density at radius 2 is 1.91 bits per heavy atom. The highest BCUT2D eigenvalue weighted by Gasteiger charge is 2.29. The number of nitrogens with one attached hydrogen (secondary N) is 2. The van der Waals surface area contributed by atoms with E-state index in [-0.39, 0.29) is 24.0 Å². The lowest BCUT2D eigenvalue weighted by Gasteiger charge is -2.21. The van der Waals surface area contributed by atoms with Gasteiger partial charge in [0.25, 0.3) is 0 Å². The quantitative estimate of drug-likeness (QED) is 0.228. The number of thioether (sulfide) groups is 1. The van der Waals surface area contributed by atoms with Crippen LogP contribution in [0.15, 0.2) is 4.99 Å². The van der Waals surface area contributed by atoms with Crippen molar-refractivity contribution >= 4 is 41.7 Å². The summed E-state index contributed by atoms with van der Waals surface area (Å²) >= 11 is 2.08. The molecule has 1 fully saturated rings. The van der Waals surface area contributed by atoms with Gasteiger partial charge in [0.2, 0.25) is 0 Å². The van der Waals surface area contributed by atoms with Crippen molar-refractivity contribution in [1.82, 2.24) is 15.5 Å². The minimum Gasteiger partial charge on any atom is -0.357 e. The van der Waals surface area contributed by atoms with Gasteiger partial charge in [-0.1, -0.05) is 13.8 Å². The van der Waals surface area contributed by atoms with Crippen LogP contribution in [0.1, 0.15) is 53.4 Å². The maximum atomic E-state index is 4.80. The molecular weight excluding hydrogens is 419 g/mol. The highest BCUT2D eigenvalue weighted by Crippen LogP contribution is 2.37. The fraction of sp³-hybridized carbons (Fsp3) is 0.941. The van der Waals surface area contributed by atoms with Crippen LogP contribution in [-0.4, -0.2) is 60.6 Å². The van der Waals surface area contributed by atoms with Gasteiger partial charge < -0.3 is 15.5 Å². The van der Waals surface area contributed by atoms with Crippen molar-refractivity contribution in [1.29, 1.82) is 0 Å². The number of unbranched alkanes of at least 4 members (excludes halogenated alkanes) is 1. The maximum absolute atomic E-state index is 4.80. The van der Waals surface area contributed by atoms with E-state index in [1.807, 2.05) is 0 Å². The summed E-state index contributed by atoms with van der Waals surface area (Å²) in [7, 11) is 0. The molecular formula is C17H37IN4S. The van der Waals surface area contributed by atoms with Crippen LogP contribution < -0.4 is 10.6 Å². The first-order valence-corrected chi connectivity index (χ1v) is 10.0. The molecule has 1 heterocycles. The first kappa shape index (κ1) is 23.3. The van der Waals surface area contributed by atoms with Gasteiger partial charge in [0.1, 0.15) is 0 Å². The fourth-order valence-corrected chi connectivity index (χ4v) is 3.98. The summed E-state index contributed by atoms with van der Waals surface area (Å²) in [5.41, 5.74) is 0. The smallest absolute Gasteiger partial charge is 0.191 e. The van der Waals surface area contributed by atoms with Crippen molar-refractivity contribution in [2.75, 3.05) is 45.0 Å². The van der Waals surface area contributed by atoms with Crippen LogP contribution in [0.3, 0.4) is 0 Å². The molecule has 0 aromatic carbocycles. The molecule has 0 radical (unpaired) electrons. The van der Waals surface area contributed by atoms with E-state index in [9.17, 15) is 0 Å². The molecule has 2 N–H and O–H groups in total. The van der Waals surface area contributed by atoms with Gasteiger partial charge in [-0.05, 0) is 64.9 Å². The lowest BCUT2D eigenvalue weighted by molar-refractivity contribution is 0.297. The molecule has 1 atom stereocenters. The molecule has 4 nitrogen and oxygen atoms in total. The van der Waals surface area contributed by atoms with Crippen LogP contribution in [0.25, 0.3) is 0 Å². The van der Waals surface area contributed by atoms with Crippen LogP contribution in [0.4, 0.5) is 0 Å². The zero-order chi connectivity index (χ0) is 16.3. The van der Waals surface area contributed by atoms with Crippen molar-refractivity contribution in [2.45, 2.75) is 58.1 Å². The van der Waals surface area contributed by atoms with Gasteiger partial charge in [0.15, 0.2) is 5.96 Å². The Labute approximate surface area is 165 Å². The van der Waals surface area contributed by atoms with Crippen molar-refractivity contribution in [3.8, 4) is 0 Å². The van der Waals surface area contributed by atoms with Crippen molar-refractivity contribution < 1.29 is 0 Å². The fourth-order valence-electron chi connectivity index (χ4n) is 2.76. The first-order valence-electron chi connectivity index (χ1n) is 9.02. The third-order valence-electron chi connectivity index (χ3n) is 4.30. The second-order valence-corrected chi connectivity index (χ2v) is 7.94. The summed E-state index contributed by atoms with van der Waals surface area (Å²) in [6.07, 6.45) is 5.09. The molecule has 1 rings (SSSR count). The second-order valence-electron chi connectivity index (χ2n) is 6.26. The summed E-state index contributed by atoms with van der Waals surface area (Å²) in [6, 6.07) is 0. The Bertz CT molecular complexity index is 316. The summed E-state index contributed by atoms with van der Waals surface area (Å²) in [5, 5.41) is 6.85. The zero-order valence-corrected chi connectivity index (χ0v) is 18.6. The molecule has 138 valence electrons. The first-order chi connectivity index (χ1) is 10.6. The van der Waals surface area contributed by atoms with Gasteiger partial charge in [-0.25, -0.2) is 0 Å². The van der Waals surface area contributed by atoms with Gasteiger partial charge in [0, 0.05) is 17.8 Å². The molecule has 0 aliphatic carbocycles. The van der Waals surface area contributed by atoms with Gasteiger partial charge >= 0.3 is 0 Å². The lowest BCUT2D eigenvalue weighted by atomic mass is 10.1. The van der Waals surface area contributed by atoms with E-state index in [0.717, 1.165) is 38.7 Å². The van der Waals surface area contributed by atoms with E-state index >= 15 is 0 Å². The van der Waals surface area contributed by atoms with E-state index in [1.54, 1.807) is 0 Å². The highest BCUT2D eigenvalue weighted by molar-refractivity contribution is 14.0. The van der Waals surface area contributed by atoms with Crippen LogP contribution in [0, 0.1) is 0 Å². The molecule has 0 spiro atoms. The summed E-state index contributed by atoms with van der Waals surface area (Å²) < 4.78 is 0.352. The van der Waals surface area contributed by atoms with E-state index in [4.69, 9.17) is 4.99 Å². The molecule has 1 aliphatic heterocycles. The Balaban J connectivity index is 0.00000484. The number of hydrogen-bond donors (Lipinski definition) is 2. The Hall–Kier alpha value is 0.310. The maximum Gasteiger partial charge on any atom is 0.191 e. The van der Waals surface area contributed by atoms with Crippen LogP contribution in [0.2, 0.25) is 0 Å². The van der Waals surface area contributed by atoms with Gasteiger partial charge in [0.05, 0.1) is 6.54 Å². The van der Waals surface area contributed by atoms with Gasteiger partial charge in [-0.2, -0.15) is 11.8 Å². The van der Waals surface area contributed by atoms with Crippen molar-refractivity contribution in [3.05, 3.63) is 0 Å². The van der Waals surface area contributed by atoms with E-state index in [0.29, 0.717) is 4.75 Å².